The van der Waals surface area contributed by atoms with Crippen molar-refractivity contribution in [3.8, 4) is 0 Å². The maximum Gasteiger partial charge on any atom is 0.0194 e. The molecule has 1 N–H and O–H groups in total. The molecule has 15 heavy (non-hydrogen) atoms. The summed E-state index contributed by atoms with van der Waals surface area (Å²) >= 11 is 0. The summed E-state index contributed by atoms with van der Waals surface area (Å²) < 4.78 is 0. The first-order valence-electron chi connectivity index (χ1n) is 6.31. The van der Waals surface area contributed by atoms with Crippen LogP contribution >= 0.6 is 0 Å². The molecule has 1 saturated heterocycles. The summed E-state index contributed by atoms with van der Waals surface area (Å²) in [5.74, 6) is 0. The van der Waals surface area contributed by atoms with Gasteiger partial charge in [0, 0.05) is 12.6 Å². The minimum atomic E-state index is 0.729. The van der Waals surface area contributed by atoms with Gasteiger partial charge in [0.1, 0.15) is 0 Å². The van der Waals surface area contributed by atoms with Crippen molar-refractivity contribution < 1.29 is 0 Å². The monoisotopic (exact) mass is 213 g/mol. The Morgan fingerprint density at radius 2 is 2.07 bits per heavy atom. The molecule has 0 bridgehead atoms. The van der Waals surface area contributed by atoms with Crippen LogP contribution < -0.4 is 5.32 Å². The van der Waals surface area contributed by atoms with Gasteiger partial charge in [-0.3, -0.25) is 4.90 Å². The summed E-state index contributed by atoms with van der Waals surface area (Å²) in [7, 11) is 4.27. The molecule has 0 aromatic rings. The van der Waals surface area contributed by atoms with Crippen LogP contribution in [0.1, 0.15) is 26.2 Å². The molecule has 0 aliphatic carbocycles. The van der Waals surface area contributed by atoms with Gasteiger partial charge in [0.25, 0.3) is 0 Å². The number of unbranched alkanes of at least 4 members (excludes halogenated alkanes) is 1. The van der Waals surface area contributed by atoms with Crippen LogP contribution in [0.25, 0.3) is 0 Å². The summed E-state index contributed by atoms with van der Waals surface area (Å²) in [6.07, 6.45) is 3.96. The quantitative estimate of drug-likeness (QED) is 0.688. The molecule has 1 rings (SSSR count). The molecule has 0 aromatic heterocycles. The summed E-state index contributed by atoms with van der Waals surface area (Å²) in [6, 6.07) is 0.729. The highest BCUT2D eigenvalue weighted by Gasteiger charge is 2.18. The zero-order chi connectivity index (χ0) is 11.1. The van der Waals surface area contributed by atoms with Crippen molar-refractivity contribution in [2.24, 2.45) is 0 Å². The van der Waals surface area contributed by atoms with E-state index in [1.54, 1.807) is 0 Å². The molecule has 1 atom stereocenters. The Morgan fingerprint density at radius 3 is 2.80 bits per heavy atom. The minimum absolute atomic E-state index is 0.729. The normalized spacial score (nSPS) is 25.4. The lowest BCUT2D eigenvalue weighted by Gasteiger charge is -2.27. The summed E-state index contributed by atoms with van der Waals surface area (Å²) in [6.45, 7) is 8.56. The summed E-state index contributed by atoms with van der Waals surface area (Å²) in [4.78, 5) is 5.11. The van der Waals surface area contributed by atoms with Gasteiger partial charge in [0.15, 0.2) is 0 Å². The Hall–Kier alpha value is -0.120. The zero-order valence-corrected chi connectivity index (χ0v) is 10.6. The van der Waals surface area contributed by atoms with E-state index in [0.717, 1.165) is 12.6 Å². The van der Waals surface area contributed by atoms with Crippen LogP contribution in [0.2, 0.25) is 0 Å². The van der Waals surface area contributed by atoms with Gasteiger partial charge in [0.05, 0.1) is 0 Å². The largest absolute Gasteiger partial charge is 0.320 e. The Morgan fingerprint density at radius 1 is 1.27 bits per heavy atom. The summed E-state index contributed by atoms with van der Waals surface area (Å²) in [5, 5.41) is 3.21. The van der Waals surface area contributed by atoms with Gasteiger partial charge in [0.2, 0.25) is 0 Å². The van der Waals surface area contributed by atoms with Crippen molar-refractivity contribution in [1.82, 2.24) is 15.1 Å². The molecule has 3 nitrogen and oxygen atoms in total. The van der Waals surface area contributed by atoms with Crippen molar-refractivity contribution in [1.29, 1.82) is 0 Å². The molecule has 0 radical (unpaired) electrons. The lowest BCUT2D eigenvalue weighted by atomic mass is 10.2. The summed E-state index contributed by atoms with van der Waals surface area (Å²) in [5.41, 5.74) is 0. The number of hydrogen-bond donors (Lipinski definition) is 1. The number of hydrogen-bond acceptors (Lipinski definition) is 3. The van der Waals surface area contributed by atoms with Gasteiger partial charge in [-0.25, -0.2) is 0 Å². The van der Waals surface area contributed by atoms with E-state index in [2.05, 4.69) is 29.1 Å². The zero-order valence-electron chi connectivity index (χ0n) is 10.6. The first-order valence-corrected chi connectivity index (χ1v) is 6.31. The molecule has 0 spiro atoms. The fourth-order valence-corrected chi connectivity index (χ4v) is 2.37. The van der Waals surface area contributed by atoms with Crippen LogP contribution in [0.4, 0.5) is 0 Å². The van der Waals surface area contributed by atoms with Gasteiger partial charge in [-0.1, -0.05) is 0 Å². The van der Waals surface area contributed by atoms with Gasteiger partial charge in [-0.15, -0.1) is 0 Å². The Kier molecular flexibility index (Phi) is 6.22. The Labute approximate surface area is 94.8 Å². The molecule has 1 aliphatic rings. The molecule has 1 heterocycles. The van der Waals surface area contributed by atoms with Crippen molar-refractivity contribution in [2.45, 2.75) is 32.2 Å². The lowest BCUT2D eigenvalue weighted by molar-refractivity contribution is 0.199. The van der Waals surface area contributed by atoms with Gasteiger partial charge >= 0.3 is 0 Å². The molecule has 0 amide bonds. The highest BCUT2D eigenvalue weighted by Crippen LogP contribution is 2.09. The number of nitrogens with one attached hydrogen (secondary N) is 1. The van der Waals surface area contributed by atoms with Crippen LogP contribution in [-0.2, 0) is 0 Å². The molecule has 90 valence electrons. The molecule has 0 saturated carbocycles. The second-order valence-corrected chi connectivity index (χ2v) is 4.81. The molecular formula is C12H27N3. The third-order valence-electron chi connectivity index (χ3n) is 3.31. The molecule has 3 heteroatoms. The van der Waals surface area contributed by atoms with Crippen LogP contribution in [0.15, 0.2) is 0 Å². The average Bonchev–Trinajstić information content (AvgIpc) is 2.35. The van der Waals surface area contributed by atoms with E-state index < -0.39 is 0 Å². The third kappa shape index (κ3) is 4.96. The van der Waals surface area contributed by atoms with E-state index >= 15 is 0 Å². The van der Waals surface area contributed by atoms with Gasteiger partial charge in [-0.2, -0.15) is 0 Å². The maximum atomic E-state index is 3.21. The second-order valence-electron chi connectivity index (χ2n) is 4.81. The van der Waals surface area contributed by atoms with E-state index in [4.69, 9.17) is 0 Å². The van der Waals surface area contributed by atoms with E-state index in [-0.39, 0.29) is 0 Å². The van der Waals surface area contributed by atoms with Crippen LogP contribution in [0, 0.1) is 0 Å². The van der Waals surface area contributed by atoms with Crippen LogP contribution in [-0.4, -0.2) is 62.7 Å². The van der Waals surface area contributed by atoms with E-state index in [9.17, 15) is 0 Å². The first kappa shape index (κ1) is 12.9. The highest BCUT2D eigenvalue weighted by molar-refractivity contribution is 4.75. The predicted octanol–water partition coefficient (Wildman–Crippen LogP) is 1.01. The number of nitrogens with zero attached hydrogens (tertiary/aromatic N) is 2. The lowest BCUT2D eigenvalue weighted by Crippen LogP contribution is -2.38. The van der Waals surface area contributed by atoms with E-state index in [1.807, 2.05) is 7.05 Å². The first-order chi connectivity index (χ1) is 7.24. The second kappa shape index (κ2) is 7.20. The standard InChI is InChI=1S/C12H27N3/c1-12-11-14(3)8-6-10-15(12)9-5-4-7-13-2/h12-13H,4-11H2,1-3H3. The maximum absolute atomic E-state index is 3.21. The average molecular weight is 213 g/mol. The third-order valence-corrected chi connectivity index (χ3v) is 3.31. The molecule has 1 unspecified atom stereocenters. The highest BCUT2D eigenvalue weighted by atomic mass is 15.2. The van der Waals surface area contributed by atoms with E-state index in [0.29, 0.717) is 0 Å². The fourth-order valence-electron chi connectivity index (χ4n) is 2.37. The van der Waals surface area contributed by atoms with Crippen molar-refractivity contribution in [3.63, 3.8) is 0 Å². The Balaban J connectivity index is 2.20. The molecule has 1 aliphatic heterocycles. The SMILES string of the molecule is CNCCCCN1CCCN(C)CC1C. The fraction of sp³-hybridized carbons (Fsp3) is 1.00. The number of rotatable bonds is 5. The minimum Gasteiger partial charge on any atom is -0.320 e. The van der Waals surface area contributed by atoms with Crippen molar-refractivity contribution >= 4 is 0 Å². The number of likely N-dealkylation sites (N-methyl/N-ethyl adjacent to an activating group) is 1. The van der Waals surface area contributed by atoms with E-state index in [1.165, 1.54) is 45.4 Å². The Bertz CT molecular complexity index is 161. The van der Waals surface area contributed by atoms with Crippen molar-refractivity contribution in [3.05, 3.63) is 0 Å². The van der Waals surface area contributed by atoms with Gasteiger partial charge < -0.3 is 10.2 Å². The predicted molar refractivity (Wildman–Crippen MR) is 66.3 cm³/mol. The van der Waals surface area contributed by atoms with Gasteiger partial charge in [-0.05, 0) is 66.5 Å². The molecule has 0 aromatic carbocycles. The topological polar surface area (TPSA) is 18.5 Å². The molecule has 1 fully saturated rings. The smallest absolute Gasteiger partial charge is 0.0194 e. The van der Waals surface area contributed by atoms with Crippen LogP contribution in [0.5, 0.6) is 0 Å². The molecular weight excluding hydrogens is 186 g/mol. The van der Waals surface area contributed by atoms with Crippen molar-refractivity contribution in [2.75, 3.05) is 46.8 Å². The van der Waals surface area contributed by atoms with Crippen LogP contribution in [0.3, 0.4) is 0 Å².